The predicted molar refractivity (Wildman–Crippen MR) is 82.2 cm³/mol. The quantitative estimate of drug-likeness (QED) is 0.806. The summed E-state index contributed by atoms with van der Waals surface area (Å²) in [6, 6.07) is 13.8. The maximum Gasteiger partial charge on any atom is 0.166 e. The molecule has 0 amide bonds. The minimum atomic E-state index is -0.0962. The van der Waals surface area contributed by atoms with Crippen LogP contribution in [0.15, 0.2) is 42.5 Å². The summed E-state index contributed by atoms with van der Waals surface area (Å²) in [6.45, 7) is 1.62. The fourth-order valence-corrected chi connectivity index (χ4v) is 2.85. The third kappa shape index (κ3) is 2.10. The largest absolute Gasteiger partial charge is 0.486 e. The van der Waals surface area contributed by atoms with Crippen molar-refractivity contribution in [2.45, 2.75) is 13.2 Å². The van der Waals surface area contributed by atoms with Crippen LogP contribution in [0.1, 0.15) is 11.4 Å². The zero-order chi connectivity index (χ0) is 14.9. The molecule has 0 spiro atoms. The van der Waals surface area contributed by atoms with Crippen LogP contribution >= 0.6 is 0 Å². The first-order valence-electron chi connectivity index (χ1n) is 7.29. The van der Waals surface area contributed by atoms with Crippen LogP contribution in [0.4, 0.5) is 0 Å². The van der Waals surface area contributed by atoms with Crippen LogP contribution in [0.2, 0.25) is 0 Å². The maximum absolute atomic E-state index is 9.60. The van der Waals surface area contributed by atoms with Gasteiger partial charge in [-0.1, -0.05) is 24.3 Å². The molecule has 3 aromatic rings. The van der Waals surface area contributed by atoms with Gasteiger partial charge in [0, 0.05) is 5.56 Å². The molecule has 0 saturated carbocycles. The Morgan fingerprint density at radius 1 is 1.05 bits per heavy atom. The number of hydrogen-bond donors (Lipinski definition) is 1. The van der Waals surface area contributed by atoms with Crippen LogP contribution < -0.4 is 9.47 Å². The summed E-state index contributed by atoms with van der Waals surface area (Å²) in [5, 5.41) is 9.60. The lowest BCUT2D eigenvalue weighted by Crippen LogP contribution is -2.17. The molecule has 1 N–H and O–H groups in total. The molecule has 0 saturated heterocycles. The van der Waals surface area contributed by atoms with Gasteiger partial charge in [-0.05, 0) is 18.2 Å². The van der Waals surface area contributed by atoms with Gasteiger partial charge in [-0.3, -0.25) is 0 Å². The number of aliphatic hydroxyl groups is 1. The van der Waals surface area contributed by atoms with Gasteiger partial charge >= 0.3 is 0 Å². The minimum absolute atomic E-state index is 0.0962. The van der Waals surface area contributed by atoms with Crippen molar-refractivity contribution < 1.29 is 14.6 Å². The van der Waals surface area contributed by atoms with E-state index in [1.54, 1.807) is 0 Å². The van der Waals surface area contributed by atoms with Crippen molar-refractivity contribution in [1.82, 2.24) is 9.55 Å². The summed E-state index contributed by atoms with van der Waals surface area (Å²) in [5.74, 6) is 2.21. The van der Waals surface area contributed by atoms with Gasteiger partial charge in [0.15, 0.2) is 11.5 Å². The lowest BCUT2D eigenvalue weighted by molar-refractivity contribution is 0.169. The van der Waals surface area contributed by atoms with E-state index in [1.165, 1.54) is 0 Å². The molecule has 112 valence electrons. The Labute approximate surface area is 127 Å². The van der Waals surface area contributed by atoms with Crippen LogP contribution in [0.3, 0.4) is 0 Å². The van der Waals surface area contributed by atoms with Crippen LogP contribution in [0.25, 0.3) is 11.0 Å². The number of para-hydroxylation sites is 3. The smallest absolute Gasteiger partial charge is 0.166 e. The number of rotatable bonds is 3. The number of hydrogen-bond acceptors (Lipinski definition) is 4. The van der Waals surface area contributed by atoms with E-state index in [2.05, 4.69) is 4.98 Å². The van der Waals surface area contributed by atoms with Gasteiger partial charge in [-0.25, -0.2) is 4.98 Å². The number of nitrogens with zero attached hydrogens (tertiary/aromatic N) is 2. The Balaban J connectivity index is 1.81. The number of aliphatic hydroxyl groups excluding tert-OH is 1. The summed E-state index contributed by atoms with van der Waals surface area (Å²) < 4.78 is 13.4. The first-order chi connectivity index (χ1) is 10.9. The van der Waals surface area contributed by atoms with E-state index in [1.807, 2.05) is 47.0 Å². The lowest BCUT2D eigenvalue weighted by atomic mass is 10.1. The molecule has 5 heteroatoms. The minimum Gasteiger partial charge on any atom is -0.486 e. The summed E-state index contributed by atoms with van der Waals surface area (Å²) in [7, 11) is 0. The molecule has 0 fully saturated rings. The zero-order valence-corrected chi connectivity index (χ0v) is 12.0. The molecule has 0 bridgehead atoms. The highest BCUT2D eigenvalue weighted by molar-refractivity contribution is 5.76. The van der Waals surface area contributed by atoms with Gasteiger partial charge in [0.25, 0.3) is 0 Å². The van der Waals surface area contributed by atoms with Gasteiger partial charge in [-0.15, -0.1) is 0 Å². The average Bonchev–Trinajstić information content (AvgIpc) is 2.93. The van der Waals surface area contributed by atoms with Crippen molar-refractivity contribution in [3.63, 3.8) is 0 Å². The lowest BCUT2D eigenvalue weighted by Gasteiger charge is -2.21. The first kappa shape index (κ1) is 13.2. The summed E-state index contributed by atoms with van der Waals surface area (Å²) >= 11 is 0. The van der Waals surface area contributed by atoms with Gasteiger partial charge in [-0.2, -0.15) is 0 Å². The number of ether oxygens (including phenoxy) is 2. The van der Waals surface area contributed by atoms with Crippen molar-refractivity contribution in [2.24, 2.45) is 0 Å². The fraction of sp³-hybridized carbons (Fsp3) is 0.235. The zero-order valence-electron chi connectivity index (χ0n) is 12.0. The standard InChI is InChI=1S/C17H16N2O3/c20-11-16-18-13-5-1-2-6-14(13)19(16)10-12-4-3-7-15-17(12)22-9-8-21-15/h1-7,20H,8-11H2. The Morgan fingerprint density at radius 2 is 1.91 bits per heavy atom. The Hall–Kier alpha value is -2.53. The Kier molecular flexibility index (Phi) is 3.20. The second kappa shape index (κ2) is 5.35. The van der Waals surface area contributed by atoms with Gasteiger partial charge < -0.3 is 19.1 Å². The molecule has 1 aliphatic rings. The molecule has 22 heavy (non-hydrogen) atoms. The van der Waals surface area contributed by atoms with Crippen LogP contribution in [0, 0.1) is 0 Å². The Morgan fingerprint density at radius 3 is 2.82 bits per heavy atom. The molecular formula is C17H16N2O3. The molecule has 0 aliphatic carbocycles. The topological polar surface area (TPSA) is 56.5 Å². The summed E-state index contributed by atoms with van der Waals surface area (Å²) in [6.07, 6.45) is 0. The van der Waals surface area contributed by atoms with E-state index in [-0.39, 0.29) is 6.61 Å². The third-order valence-corrected chi connectivity index (χ3v) is 3.85. The van der Waals surface area contributed by atoms with Crippen molar-refractivity contribution in [3.8, 4) is 11.5 Å². The molecule has 1 aliphatic heterocycles. The maximum atomic E-state index is 9.60. The fourth-order valence-electron chi connectivity index (χ4n) is 2.85. The SMILES string of the molecule is OCc1nc2ccccc2n1Cc1cccc2c1OCCO2. The van der Waals surface area contributed by atoms with Gasteiger partial charge in [0.05, 0.1) is 17.6 Å². The number of benzene rings is 2. The molecule has 0 atom stereocenters. The van der Waals surface area contributed by atoms with Crippen LogP contribution in [-0.4, -0.2) is 27.9 Å². The highest BCUT2D eigenvalue weighted by Gasteiger charge is 2.18. The van der Waals surface area contributed by atoms with E-state index in [4.69, 9.17) is 9.47 Å². The molecule has 2 heterocycles. The molecule has 5 nitrogen and oxygen atoms in total. The van der Waals surface area contributed by atoms with E-state index >= 15 is 0 Å². The van der Waals surface area contributed by atoms with Crippen molar-refractivity contribution in [3.05, 3.63) is 53.9 Å². The molecule has 2 aromatic carbocycles. The third-order valence-electron chi connectivity index (χ3n) is 3.85. The number of imidazole rings is 1. The second-order valence-corrected chi connectivity index (χ2v) is 5.20. The van der Waals surface area contributed by atoms with Crippen molar-refractivity contribution in [2.75, 3.05) is 13.2 Å². The normalized spacial score (nSPS) is 13.5. The first-order valence-corrected chi connectivity index (χ1v) is 7.29. The van der Waals surface area contributed by atoms with Crippen molar-refractivity contribution in [1.29, 1.82) is 0 Å². The molecule has 1 aromatic heterocycles. The summed E-state index contributed by atoms with van der Waals surface area (Å²) in [4.78, 5) is 4.48. The van der Waals surface area contributed by atoms with E-state index in [0.717, 1.165) is 28.1 Å². The van der Waals surface area contributed by atoms with Gasteiger partial charge in [0.2, 0.25) is 0 Å². The second-order valence-electron chi connectivity index (χ2n) is 5.20. The van der Waals surface area contributed by atoms with Crippen LogP contribution in [0.5, 0.6) is 11.5 Å². The van der Waals surface area contributed by atoms with E-state index in [9.17, 15) is 5.11 Å². The van der Waals surface area contributed by atoms with E-state index in [0.29, 0.717) is 25.6 Å². The monoisotopic (exact) mass is 296 g/mol. The highest BCUT2D eigenvalue weighted by atomic mass is 16.6. The Bertz CT molecular complexity index is 826. The average molecular weight is 296 g/mol. The van der Waals surface area contributed by atoms with Crippen molar-refractivity contribution >= 4 is 11.0 Å². The van der Waals surface area contributed by atoms with Gasteiger partial charge in [0.1, 0.15) is 25.6 Å². The molecule has 0 radical (unpaired) electrons. The van der Waals surface area contributed by atoms with Crippen LogP contribution in [-0.2, 0) is 13.2 Å². The molecular weight excluding hydrogens is 280 g/mol. The number of fused-ring (bicyclic) bond motifs is 2. The van der Waals surface area contributed by atoms with E-state index < -0.39 is 0 Å². The number of aromatic nitrogens is 2. The predicted octanol–water partition coefficient (Wildman–Crippen LogP) is 2.35. The molecule has 0 unspecified atom stereocenters. The molecule has 4 rings (SSSR count). The highest BCUT2D eigenvalue weighted by Crippen LogP contribution is 2.34. The summed E-state index contributed by atoms with van der Waals surface area (Å²) in [5.41, 5.74) is 2.91.